The molecular formula is C31H31ClN4O3. The predicted octanol–water partition coefficient (Wildman–Crippen LogP) is 6.07. The summed E-state index contributed by atoms with van der Waals surface area (Å²) >= 11 is 6.08. The van der Waals surface area contributed by atoms with Gasteiger partial charge in [-0.2, -0.15) is 0 Å². The molecule has 2 amide bonds. The van der Waals surface area contributed by atoms with E-state index in [0.29, 0.717) is 35.4 Å². The van der Waals surface area contributed by atoms with Crippen molar-refractivity contribution in [3.63, 3.8) is 0 Å². The lowest BCUT2D eigenvalue weighted by Gasteiger charge is -2.25. The molecule has 1 aliphatic heterocycles. The van der Waals surface area contributed by atoms with Gasteiger partial charge in [0, 0.05) is 41.2 Å². The fourth-order valence-electron chi connectivity index (χ4n) is 4.70. The Hall–Kier alpha value is -3.94. The third-order valence-electron chi connectivity index (χ3n) is 6.85. The molecule has 0 saturated carbocycles. The summed E-state index contributed by atoms with van der Waals surface area (Å²) in [6.07, 6.45) is 3.61. The Morgan fingerprint density at radius 1 is 1.05 bits per heavy atom. The summed E-state index contributed by atoms with van der Waals surface area (Å²) in [5.74, 6) is -0.159. The van der Waals surface area contributed by atoms with Crippen molar-refractivity contribution < 1.29 is 14.3 Å². The quantitative estimate of drug-likeness (QED) is 0.293. The van der Waals surface area contributed by atoms with Crippen LogP contribution in [-0.2, 0) is 9.53 Å². The lowest BCUT2D eigenvalue weighted by Crippen LogP contribution is -2.42. The number of ether oxygens (including phenoxy) is 1. The molecule has 2 heterocycles. The van der Waals surface area contributed by atoms with Crippen molar-refractivity contribution in [2.75, 3.05) is 25.0 Å². The second-order valence-corrected chi connectivity index (χ2v) is 10.3. The molecule has 1 aliphatic rings. The minimum atomic E-state index is -0.337. The van der Waals surface area contributed by atoms with Crippen LogP contribution in [0.4, 0.5) is 5.95 Å². The summed E-state index contributed by atoms with van der Waals surface area (Å²) in [5.41, 5.74) is 4.99. The number of aryl methyl sites for hydroxylation is 2. The van der Waals surface area contributed by atoms with E-state index in [1.54, 1.807) is 23.1 Å². The van der Waals surface area contributed by atoms with Crippen LogP contribution in [0.2, 0.25) is 5.02 Å². The van der Waals surface area contributed by atoms with E-state index >= 15 is 0 Å². The number of imidazole rings is 1. The second kappa shape index (κ2) is 11.8. The van der Waals surface area contributed by atoms with Crippen molar-refractivity contribution in [1.29, 1.82) is 0 Å². The van der Waals surface area contributed by atoms with Gasteiger partial charge in [-0.05, 0) is 62.6 Å². The number of nitrogens with zero attached hydrogens (tertiary/aromatic N) is 3. The molecule has 7 nitrogen and oxygen atoms in total. The van der Waals surface area contributed by atoms with Crippen molar-refractivity contribution >= 4 is 29.4 Å². The zero-order valence-electron chi connectivity index (χ0n) is 22.1. The van der Waals surface area contributed by atoms with Gasteiger partial charge >= 0.3 is 0 Å². The Morgan fingerprint density at radius 2 is 1.79 bits per heavy atom. The molecule has 5 rings (SSSR count). The summed E-state index contributed by atoms with van der Waals surface area (Å²) in [6, 6.07) is 22.8. The number of halogens is 1. The Balaban J connectivity index is 1.42. The maximum atomic E-state index is 13.5. The highest BCUT2D eigenvalue weighted by Gasteiger charge is 2.26. The van der Waals surface area contributed by atoms with Gasteiger partial charge in [0.15, 0.2) is 0 Å². The molecule has 1 fully saturated rings. The maximum absolute atomic E-state index is 13.5. The standard InChI is InChI=1S/C31H31ClN4O3/c1-21-9-15-25(16-10-21)36-19-28(23-11-13-24(32)14-12-23)33-31(36)34-29(37)20-35(18-26-7-5-17-39-26)30(38)27-8-4-3-6-22(27)2/h3-4,6,8-16,19,26H,5,7,17-18,20H2,1-2H3,(H,33,34,37)/t26-/m1/s1. The third-order valence-corrected chi connectivity index (χ3v) is 7.11. The Bertz CT molecular complexity index is 1460. The molecule has 0 bridgehead atoms. The van der Waals surface area contributed by atoms with E-state index in [2.05, 4.69) is 5.32 Å². The first-order chi connectivity index (χ1) is 18.9. The van der Waals surface area contributed by atoms with Gasteiger partial charge in [-0.1, -0.05) is 59.6 Å². The Kier molecular flexibility index (Phi) is 8.10. The molecule has 0 unspecified atom stereocenters. The van der Waals surface area contributed by atoms with Crippen LogP contribution in [0.15, 0.2) is 79.0 Å². The molecule has 1 N–H and O–H groups in total. The van der Waals surface area contributed by atoms with E-state index in [4.69, 9.17) is 21.3 Å². The van der Waals surface area contributed by atoms with Crippen molar-refractivity contribution in [1.82, 2.24) is 14.5 Å². The molecule has 200 valence electrons. The number of aromatic nitrogens is 2. The summed E-state index contributed by atoms with van der Waals surface area (Å²) < 4.78 is 7.64. The summed E-state index contributed by atoms with van der Waals surface area (Å²) in [4.78, 5) is 33.3. The molecule has 1 saturated heterocycles. The van der Waals surface area contributed by atoms with E-state index < -0.39 is 0 Å². The third kappa shape index (κ3) is 6.38. The summed E-state index contributed by atoms with van der Waals surface area (Å²) in [6.45, 7) is 4.82. The SMILES string of the molecule is Cc1ccc(-n2cc(-c3ccc(Cl)cc3)nc2NC(=O)CN(C[C@H]2CCCO2)C(=O)c2ccccc2C)cc1. The average Bonchev–Trinajstić information content (AvgIpc) is 3.59. The van der Waals surface area contributed by atoms with E-state index in [9.17, 15) is 9.59 Å². The monoisotopic (exact) mass is 542 g/mol. The van der Waals surface area contributed by atoms with Crippen molar-refractivity contribution in [2.45, 2.75) is 32.8 Å². The van der Waals surface area contributed by atoms with Gasteiger partial charge in [0.05, 0.1) is 11.8 Å². The molecule has 0 radical (unpaired) electrons. The molecule has 39 heavy (non-hydrogen) atoms. The van der Waals surface area contributed by atoms with Crippen LogP contribution in [0, 0.1) is 13.8 Å². The molecule has 0 spiro atoms. The van der Waals surface area contributed by atoms with Gasteiger partial charge in [-0.3, -0.25) is 19.5 Å². The van der Waals surface area contributed by atoms with Crippen LogP contribution < -0.4 is 5.32 Å². The van der Waals surface area contributed by atoms with E-state index in [1.807, 2.05) is 79.2 Å². The minimum absolute atomic E-state index is 0.0863. The number of benzene rings is 3. The average molecular weight is 543 g/mol. The van der Waals surface area contributed by atoms with Gasteiger partial charge in [-0.25, -0.2) is 4.98 Å². The smallest absolute Gasteiger partial charge is 0.254 e. The van der Waals surface area contributed by atoms with Gasteiger partial charge in [-0.15, -0.1) is 0 Å². The highest BCUT2D eigenvalue weighted by molar-refractivity contribution is 6.30. The number of hydrogen-bond donors (Lipinski definition) is 1. The fourth-order valence-corrected chi connectivity index (χ4v) is 4.83. The summed E-state index contributed by atoms with van der Waals surface area (Å²) in [7, 11) is 0. The van der Waals surface area contributed by atoms with Crippen LogP contribution >= 0.6 is 11.6 Å². The number of amides is 2. The van der Waals surface area contributed by atoms with E-state index in [0.717, 1.165) is 35.2 Å². The molecule has 4 aromatic rings. The number of anilines is 1. The highest BCUT2D eigenvalue weighted by atomic mass is 35.5. The van der Waals surface area contributed by atoms with Crippen molar-refractivity contribution in [3.05, 3.63) is 101 Å². The zero-order chi connectivity index (χ0) is 27.4. The maximum Gasteiger partial charge on any atom is 0.254 e. The predicted molar refractivity (Wildman–Crippen MR) is 153 cm³/mol. The number of nitrogens with one attached hydrogen (secondary N) is 1. The number of rotatable bonds is 8. The van der Waals surface area contributed by atoms with Crippen molar-refractivity contribution in [3.8, 4) is 16.9 Å². The van der Waals surface area contributed by atoms with Gasteiger partial charge in [0.25, 0.3) is 5.91 Å². The lowest BCUT2D eigenvalue weighted by atomic mass is 10.1. The number of carbonyl (C=O) groups is 2. The Morgan fingerprint density at radius 3 is 2.49 bits per heavy atom. The Labute approximate surface area is 233 Å². The normalized spacial score (nSPS) is 14.8. The minimum Gasteiger partial charge on any atom is -0.376 e. The van der Waals surface area contributed by atoms with E-state index in [-0.39, 0.29) is 24.5 Å². The van der Waals surface area contributed by atoms with E-state index in [1.165, 1.54) is 0 Å². The fraction of sp³-hybridized carbons (Fsp3) is 0.258. The first-order valence-electron chi connectivity index (χ1n) is 13.1. The second-order valence-electron chi connectivity index (χ2n) is 9.85. The number of carbonyl (C=O) groups excluding carboxylic acids is 2. The number of hydrogen-bond acceptors (Lipinski definition) is 4. The molecule has 0 aliphatic carbocycles. The first-order valence-corrected chi connectivity index (χ1v) is 13.4. The van der Waals surface area contributed by atoms with Gasteiger partial charge < -0.3 is 9.64 Å². The van der Waals surface area contributed by atoms with Gasteiger partial charge in [0.2, 0.25) is 11.9 Å². The van der Waals surface area contributed by atoms with Gasteiger partial charge in [0.1, 0.15) is 6.54 Å². The molecular weight excluding hydrogens is 512 g/mol. The topological polar surface area (TPSA) is 76.5 Å². The molecule has 1 aromatic heterocycles. The van der Waals surface area contributed by atoms with Crippen molar-refractivity contribution in [2.24, 2.45) is 0 Å². The van der Waals surface area contributed by atoms with Crippen LogP contribution in [0.3, 0.4) is 0 Å². The van der Waals surface area contributed by atoms with Crippen LogP contribution in [0.5, 0.6) is 0 Å². The van der Waals surface area contributed by atoms with Crippen LogP contribution in [0.1, 0.15) is 34.3 Å². The van der Waals surface area contributed by atoms with Crippen LogP contribution in [-0.4, -0.2) is 52.1 Å². The molecule has 1 atom stereocenters. The summed E-state index contributed by atoms with van der Waals surface area (Å²) in [5, 5.41) is 3.59. The lowest BCUT2D eigenvalue weighted by molar-refractivity contribution is -0.117. The largest absolute Gasteiger partial charge is 0.376 e. The molecule has 8 heteroatoms. The highest BCUT2D eigenvalue weighted by Crippen LogP contribution is 2.26. The van der Waals surface area contributed by atoms with Crippen LogP contribution in [0.25, 0.3) is 16.9 Å². The molecule has 3 aromatic carbocycles. The zero-order valence-corrected chi connectivity index (χ0v) is 22.8. The first kappa shape index (κ1) is 26.7.